The maximum Gasteiger partial charge on any atom is 0.173 e. The first-order valence-corrected chi connectivity index (χ1v) is 4.50. The van der Waals surface area contributed by atoms with Crippen molar-refractivity contribution in [1.29, 1.82) is 0 Å². The molecular formula is C8H9BrN2O. The maximum absolute atomic E-state index is 9.60. The molecule has 1 unspecified atom stereocenters. The molecule has 0 spiro atoms. The van der Waals surface area contributed by atoms with E-state index in [-0.39, 0.29) is 0 Å². The molecule has 0 aromatic rings. The van der Waals surface area contributed by atoms with Crippen molar-refractivity contribution in [3.63, 3.8) is 0 Å². The summed E-state index contributed by atoms with van der Waals surface area (Å²) in [6, 6.07) is 0. The quantitative estimate of drug-likeness (QED) is 0.677. The van der Waals surface area contributed by atoms with Crippen LogP contribution in [0.1, 0.15) is 6.92 Å². The van der Waals surface area contributed by atoms with E-state index >= 15 is 0 Å². The number of fused-ring (bicyclic) bond motifs is 1. The van der Waals surface area contributed by atoms with Gasteiger partial charge in [0.1, 0.15) is 5.84 Å². The molecule has 0 aromatic heterocycles. The monoisotopic (exact) mass is 228 g/mol. The predicted octanol–water partition coefficient (Wildman–Crippen LogP) is 1.22. The Labute approximate surface area is 79.2 Å². The van der Waals surface area contributed by atoms with Crippen LogP contribution < -0.4 is 0 Å². The van der Waals surface area contributed by atoms with Crippen LogP contribution in [0.15, 0.2) is 27.8 Å². The van der Waals surface area contributed by atoms with Crippen LogP contribution in [0.3, 0.4) is 0 Å². The number of rotatable bonds is 0. The molecule has 0 bridgehead atoms. The second-order valence-electron chi connectivity index (χ2n) is 3.16. The number of nitrogens with zero attached hydrogens (tertiary/aromatic N) is 2. The van der Waals surface area contributed by atoms with Gasteiger partial charge in [-0.15, -0.1) is 0 Å². The Morgan fingerprint density at radius 2 is 2.50 bits per heavy atom. The fourth-order valence-corrected chi connectivity index (χ4v) is 1.65. The number of aliphatic hydroxyl groups is 1. The SMILES string of the molecule is CC1(O)CN2C=CC(Br)=CC2=N1. The maximum atomic E-state index is 9.60. The van der Waals surface area contributed by atoms with E-state index in [0.29, 0.717) is 6.54 Å². The lowest BCUT2D eigenvalue weighted by atomic mass is 10.3. The average molecular weight is 229 g/mol. The van der Waals surface area contributed by atoms with Crippen molar-refractivity contribution in [2.24, 2.45) is 4.99 Å². The summed E-state index contributed by atoms with van der Waals surface area (Å²) in [6.07, 6.45) is 5.73. The van der Waals surface area contributed by atoms with Crippen molar-refractivity contribution in [3.8, 4) is 0 Å². The Kier molecular flexibility index (Phi) is 1.63. The van der Waals surface area contributed by atoms with Gasteiger partial charge in [0.05, 0.1) is 6.54 Å². The molecule has 0 radical (unpaired) electrons. The Balaban J connectivity index is 2.35. The Bertz CT molecular complexity index is 304. The number of halogens is 1. The van der Waals surface area contributed by atoms with E-state index in [9.17, 15) is 5.11 Å². The molecule has 64 valence electrons. The number of hydrogen-bond acceptors (Lipinski definition) is 3. The van der Waals surface area contributed by atoms with Crippen LogP contribution in [0.5, 0.6) is 0 Å². The van der Waals surface area contributed by atoms with Crippen LogP contribution in [0.25, 0.3) is 0 Å². The minimum atomic E-state index is -0.937. The second kappa shape index (κ2) is 2.44. The minimum Gasteiger partial charge on any atom is -0.368 e. The summed E-state index contributed by atoms with van der Waals surface area (Å²) in [6.45, 7) is 2.24. The van der Waals surface area contributed by atoms with Crippen molar-refractivity contribution >= 4 is 21.8 Å². The van der Waals surface area contributed by atoms with Gasteiger partial charge in [0, 0.05) is 10.7 Å². The van der Waals surface area contributed by atoms with Crippen molar-refractivity contribution in [2.75, 3.05) is 6.54 Å². The van der Waals surface area contributed by atoms with Crippen molar-refractivity contribution in [3.05, 3.63) is 22.8 Å². The summed E-state index contributed by atoms with van der Waals surface area (Å²) < 4.78 is 0.982. The zero-order valence-corrected chi connectivity index (χ0v) is 8.24. The molecule has 2 aliphatic rings. The van der Waals surface area contributed by atoms with Gasteiger partial charge in [-0.05, 0) is 19.1 Å². The highest BCUT2D eigenvalue weighted by molar-refractivity contribution is 9.11. The van der Waals surface area contributed by atoms with E-state index in [1.54, 1.807) is 6.92 Å². The van der Waals surface area contributed by atoms with E-state index in [1.165, 1.54) is 0 Å². The molecule has 1 atom stereocenters. The normalized spacial score (nSPS) is 33.1. The zero-order chi connectivity index (χ0) is 8.77. The van der Waals surface area contributed by atoms with E-state index in [4.69, 9.17) is 0 Å². The molecule has 12 heavy (non-hydrogen) atoms. The first kappa shape index (κ1) is 8.01. The molecule has 2 heterocycles. The van der Waals surface area contributed by atoms with Crippen molar-refractivity contribution in [1.82, 2.24) is 4.90 Å². The minimum absolute atomic E-state index is 0.537. The molecule has 4 heteroatoms. The van der Waals surface area contributed by atoms with Gasteiger partial charge in [-0.25, -0.2) is 4.99 Å². The molecule has 0 aliphatic carbocycles. The first-order valence-electron chi connectivity index (χ1n) is 3.71. The predicted molar refractivity (Wildman–Crippen MR) is 50.9 cm³/mol. The lowest BCUT2D eigenvalue weighted by molar-refractivity contribution is 0.0709. The van der Waals surface area contributed by atoms with Gasteiger partial charge in [-0.2, -0.15) is 0 Å². The fraction of sp³-hybridized carbons (Fsp3) is 0.375. The van der Waals surface area contributed by atoms with E-state index in [1.807, 2.05) is 23.3 Å². The van der Waals surface area contributed by atoms with Crippen LogP contribution in [0.2, 0.25) is 0 Å². The van der Waals surface area contributed by atoms with Crippen LogP contribution in [-0.4, -0.2) is 28.1 Å². The molecule has 2 rings (SSSR count). The number of allylic oxidation sites excluding steroid dienone is 2. The number of hydrogen-bond donors (Lipinski definition) is 1. The van der Waals surface area contributed by atoms with E-state index in [0.717, 1.165) is 10.3 Å². The van der Waals surface area contributed by atoms with Crippen molar-refractivity contribution in [2.45, 2.75) is 12.6 Å². The molecule has 0 saturated carbocycles. The Morgan fingerprint density at radius 1 is 1.75 bits per heavy atom. The van der Waals surface area contributed by atoms with Gasteiger partial charge < -0.3 is 10.0 Å². The summed E-state index contributed by atoms with van der Waals surface area (Å²) in [4.78, 5) is 6.05. The average Bonchev–Trinajstić information content (AvgIpc) is 2.21. The third-order valence-electron chi connectivity index (χ3n) is 1.80. The summed E-state index contributed by atoms with van der Waals surface area (Å²) in [5.74, 6) is 0.814. The molecule has 2 aliphatic heterocycles. The van der Waals surface area contributed by atoms with Gasteiger partial charge in [0.2, 0.25) is 0 Å². The van der Waals surface area contributed by atoms with Gasteiger partial charge in [-0.3, -0.25) is 0 Å². The van der Waals surface area contributed by atoms with Gasteiger partial charge in [0.15, 0.2) is 5.72 Å². The Morgan fingerprint density at radius 3 is 3.25 bits per heavy atom. The van der Waals surface area contributed by atoms with Gasteiger partial charge >= 0.3 is 0 Å². The highest BCUT2D eigenvalue weighted by atomic mass is 79.9. The smallest absolute Gasteiger partial charge is 0.173 e. The van der Waals surface area contributed by atoms with Crippen LogP contribution in [0, 0.1) is 0 Å². The summed E-state index contributed by atoms with van der Waals surface area (Å²) in [5.41, 5.74) is -0.937. The van der Waals surface area contributed by atoms with E-state index < -0.39 is 5.72 Å². The largest absolute Gasteiger partial charge is 0.368 e. The van der Waals surface area contributed by atoms with Crippen LogP contribution in [-0.2, 0) is 0 Å². The van der Waals surface area contributed by atoms with Gasteiger partial charge in [0.25, 0.3) is 0 Å². The van der Waals surface area contributed by atoms with E-state index in [2.05, 4.69) is 20.9 Å². The number of amidine groups is 1. The van der Waals surface area contributed by atoms with Gasteiger partial charge in [-0.1, -0.05) is 15.9 Å². The highest BCUT2D eigenvalue weighted by Crippen LogP contribution is 2.24. The summed E-state index contributed by atoms with van der Waals surface area (Å²) in [5, 5.41) is 9.60. The molecule has 0 amide bonds. The molecular weight excluding hydrogens is 220 g/mol. The van der Waals surface area contributed by atoms with Crippen LogP contribution >= 0.6 is 15.9 Å². The summed E-state index contributed by atoms with van der Waals surface area (Å²) >= 11 is 3.35. The molecule has 0 fully saturated rings. The second-order valence-corrected chi connectivity index (χ2v) is 4.08. The van der Waals surface area contributed by atoms with Crippen LogP contribution in [0.4, 0.5) is 0 Å². The highest BCUT2D eigenvalue weighted by Gasteiger charge is 2.31. The standard InChI is InChI=1S/C8H9BrN2O/c1-8(12)5-11-3-2-6(9)4-7(11)10-8/h2-4,12H,5H2,1H3. The van der Waals surface area contributed by atoms with Crippen molar-refractivity contribution < 1.29 is 5.11 Å². The molecule has 1 N–H and O–H groups in total. The third kappa shape index (κ3) is 1.32. The summed E-state index contributed by atoms with van der Waals surface area (Å²) in [7, 11) is 0. The molecule has 0 aromatic carbocycles. The lowest BCUT2D eigenvalue weighted by Crippen LogP contribution is -2.30. The first-order chi connectivity index (χ1) is 5.57. The lowest BCUT2D eigenvalue weighted by Gasteiger charge is -2.18. The number of aliphatic imine (C=N–C) groups is 1. The fourth-order valence-electron chi connectivity index (χ4n) is 1.33. The Hall–Kier alpha value is -0.610. The third-order valence-corrected chi connectivity index (χ3v) is 2.29. The zero-order valence-electron chi connectivity index (χ0n) is 6.66. The molecule has 0 saturated heterocycles. The molecule has 3 nitrogen and oxygen atoms in total. The topological polar surface area (TPSA) is 35.8 Å².